The van der Waals surface area contributed by atoms with E-state index in [1.807, 2.05) is 0 Å². The van der Waals surface area contributed by atoms with Crippen molar-refractivity contribution in [2.45, 2.75) is 37.7 Å². The van der Waals surface area contributed by atoms with Gasteiger partial charge in [0.05, 0.1) is 5.88 Å². The van der Waals surface area contributed by atoms with Crippen LogP contribution in [0.5, 0.6) is 0 Å². The second kappa shape index (κ2) is 6.90. The Morgan fingerprint density at radius 2 is 1.65 bits per heavy atom. The summed E-state index contributed by atoms with van der Waals surface area (Å²) in [5, 5.41) is 3.49. The van der Waals surface area contributed by atoms with Crippen molar-refractivity contribution in [3.8, 4) is 11.1 Å². The summed E-state index contributed by atoms with van der Waals surface area (Å²) in [6, 6.07) is 14.9. The number of halogens is 2. The van der Waals surface area contributed by atoms with Crippen LogP contribution in [0.2, 0.25) is 0 Å². The summed E-state index contributed by atoms with van der Waals surface area (Å²) < 4.78 is 0. The fourth-order valence-corrected chi connectivity index (χ4v) is 3.97. The van der Waals surface area contributed by atoms with Gasteiger partial charge in [-0.25, -0.2) is 0 Å². The van der Waals surface area contributed by atoms with Crippen LogP contribution in [0, 0.1) is 0 Å². The summed E-state index contributed by atoms with van der Waals surface area (Å²) in [7, 11) is 0. The van der Waals surface area contributed by atoms with Crippen LogP contribution in [0.4, 0.5) is 0 Å². The second-order valence-corrected chi connectivity index (χ2v) is 7.89. The van der Waals surface area contributed by atoms with Crippen molar-refractivity contribution in [3.63, 3.8) is 0 Å². The van der Waals surface area contributed by atoms with E-state index in [1.54, 1.807) is 0 Å². The Hall–Kier alpha value is -0.306. The van der Waals surface area contributed by atoms with Crippen LogP contribution in [-0.2, 0) is 33.1 Å². The number of hydrogen-bond donors (Lipinski definition) is 1. The molecule has 0 saturated carbocycles. The zero-order valence-electron chi connectivity index (χ0n) is 13.7. The number of hydrogen-bond acceptors (Lipinski definition) is 1. The Morgan fingerprint density at radius 3 is 2.30 bits per heavy atom. The van der Waals surface area contributed by atoms with Crippen molar-refractivity contribution in [2.75, 3.05) is 5.88 Å². The largest absolute Gasteiger partial charge is 0.289 e. The van der Waals surface area contributed by atoms with Gasteiger partial charge in [-0.05, 0) is 55.0 Å². The Kier molecular flexibility index (Phi) is 5.71. The SMILES string of the molecule is CC(C)(C)NC(Cl)(CCl)c1cccc2c1Cc1ccccc1-2.[Ti]. The average Bonchev–Trinajstić information content (AvgIpc) is 2.83. The number of benzene rings is 2. The van der Waals surface area contributed by atoms with Gasteiger partial charge in [0.25, 0.3) is 0 Å². The van der Waals surface area contributed by atoms with Crippen LogP contribution in [0.25, 0.3) is 11.1 Å². The van der Waals surface area contributed by atoms with E-state index in [0.717, 1.165) is 12.0 Å². The molecule has 23 heavy (non-hydrogen) atoms. The molecule has 2 aromatic carbocycles. The van der Waals surface area contributed by atoms with E-state index >= 15 is 0 Å². The van der Waals surface area contributed by atoms with Gasteiger partial charge < -0.3 is 0 Å². The molecule has 1 aliphatic carbocycles. The van der Waals surface area contributed by atoms with E-state index in [-0.39, 0.29) is 27.3 Å². The molecule has 0 heterocycles. The molecular weight excluding hydrogens is 361 g/mol. The first-order valence-electron chi connectivity index (χ1n) is 7.59. The van der Waals surface area contributed by atoms with Crippen LogP contribution in [0.15, 0.2) is 42.5 Å². The molecule has 0 saturated heterocycles. The van der Waals surface area contributed by atoms with Crippen molar-refractivity contribution in [1.29, 1.82) is 0 Å². The molecule has 3 rings (SSSR count). The first kappa shape index (κ1) is 19.0. The molecule has 0 bridgehead atoms. The van der Waals surface area contributed by atoms with Gasteiger partial charge in [0.2, 0.25) is 0 Å². The van der Waals surface area contributed by atoms with E-state index in [0.29, 0.717) is 5.88 Å². The third-order valence-electron chi connectivity index (χ3n) is 4.03. The molecule has 0 aliphatic heterocycles. The Labute approximate surface area is 163 Å². The van der Waals surface area contributed by atoms with Gasteiger partial charge in [-0.3, -0.25) is 5.32 Å². The summed E-state index contributed by atoms with van der Waals surface area (Å²) in [6.07, 6.45) is 0.916. The van der Waals surface area contributed by atoms with Gasteiger partial charge in [0.1, 0.15) is 5.00 Å². The summed E-state index contributed by atoms with van der Waals surface area (Å²) in [5.74, 6) is 0.318. The maximum absolute atomic E-state index is 6.92. The second-order valence-electron chi connectivity index (χ2n) is 6.98. The predicted octanol–water partition coefficient (Wildman–Crippen LogP) is 5.27. The molecule has 2 aromatic rings. The number of rotatable bonds is 3. The Morgan fingerprint density at radius 1 is 1.00 bits per heavy atom. The van der Waals surface area contributed by atoms with E-state index in [4.69, 9.17) is 23.2 Å². The van der Waals surface area contributed by atoms with E-state index in [9.17, 15) is 0 Å². The summed E-state index contributed by atoms with van der Waals surface area (Å²) >= 11 is 13.2. The molecule has 0 amide bonds. The standard InChI is InChI=1S/C19H21Cl2N.Ti/c1-18(2,3)22-19(21,12-20)17-10-6-9-15-14-8-5-4-7-13(14)11-16(15)17;/h4-10,22H,11-12H2,1-3H3;. The number of fused-ring (bicyclic) bond motifs is 3. The minimum Gasteiger partial charge on any atom is -0.289 e. The number of nitrogens with one attached hydrogen (secondary N) is 1. The van der Waals surface area contributed by atoms with Crippen molar-refractivity contribution in [1.82, 2.24) is 5.32 Å². The zero-order valence-corrected chi connectivity index (χ0v) is 16.8. The zero-order chi connectivity index (χ0) is 16.0. The quantitative estimate of drug-likeness (QED) is 0.370. The molecule has 1 N–H and O–H groups in total. The Balaban J connectivity index is 0.00000192. The Bertz CT molecular complexity index is 709. The first-order valence-corrected chi connectivity index (χ1v) is 8.50. The number of alkyl halides is 2. The van der Waals surface area contributed by atoms with Crippen molar-refractivity contribution in [2.24, 2.45) is 0 Å². The smallest absolute Gasteiger partial charge is 0.133 e. The molecular formula is C19H21Cl2NTi. The third-order valence-corrected chi connectivity index (χ3v) is 5.00. The van der Waals surface area contributed by atoms with E-state index in [1.165, 1.54) is 22.3 Å². The van der Waals surface area contributed by atoms with Gasteiger partial charge in [-0.15, -0.1) is 11.6 Å². The normalized spacial score (nSPS) is 15.3. The molecule has 0 fully saturated rings. The van der Waals surface area contributed by atoms with Crippen LogP contribution in [0.3, 0.4) is 0 Å². The van der Waals surface area contributed by atoms with E-state index < -0.39 is 5.00 Å². The molecule has 120 valence electrons. The average molecular weight is 382 g/mol. The molecule has 0 radical (unpaired) electrons. The van der Waals surface area contributed by atoms with Crippen molar-refractivity contribution in [3.05, 3.63) is 59.2 Å². The molecule has 1 aliphatic rings. The van der Waals surface area contributed by atoms with Crippen LogP contribution in [0.1, 0.15) is 37.5 Å². The fraction of sp³-hybridized carbons (Fsp3) is 0.368. The van der Waals surface area contributed by atoms with Crippen LogP contribution >= 0.6 is 23.2 Å². The van der Waals surface area contributed by atoms with Gasteiger partial charge in [-0.2, -0.15) is 0 Å². The molecule has 1 unspecified atom stereocenters. The summed E-state index contributed by atoms with van der Waals surface area (Å²) in [5.41, 5.74) is 6.20. The maximum Gasteiger partial charge on any atom is 0.133 e. The maximum atomic E-state index is 6.92. The van der Waals surface area contributed by atoms with Crippen molar-refractivity contribution < 1.29 is 21.7 Å². The topological polar surface area (TPSA) is 12.0 Å². The molecule has 0 aromatic heterocycles. The van der Waals surface area contributed by atoms with Gasteiger partial charge in [-0.1, -0.05) is 54.1 Å². The summed E-state index contributed by atoms with van der Waals surface area (Å²) in [6.45, 7) is 6.32. The monoisotopic (exact) mass is 381 g/mol. The molecule has 0 spiro atoms. The van der Waals surface area contributed by atoms with Gasteiger partial charge in [0.15, 0.2) is 0 Å². The first-order chi connectivity index (χ1) is 10.3. The minimum absolute atomic E-state index is 0. The third kappa shape index (κ3) is 3.70. The molecule has 1 nitrogen and oxygen atoms in total. The van der Waals surface area contributed by atoms with Crippen molar-refractivity contribution >= 4 is 23.2 Å². The minimum atomic E-state index is -0.757. The predicted molar refractivity (Wildman–Crippen MR) is 95.8 cm³/mol. The van der Waals surface area contributed by atoms with E-state index in [2.05, 4.69) is 68.6 Å². The fourth-order valence-electron chi connectivity index (χ4n) is 3.30. The molecule has 4 heteroatoms. The molecule has 1 atom stereocenters. The van der Waals surface area contributed by atoms with Gasteiger partial charge in [0, 0.05) is 27.3 Å². The van der Waals surface area contributed by atoms with Gasteiger partial charge >= 0.3 is 0 Å². The van der Waals surface area contributed by atoms with Crippen LogP contribution in [-0.4, -0.2) is 11.4 Å². The summed E-state index contributed by atoms with van der Waals surface area (Å²) in [4.78, 5) is -0.757. The van der Waals surface area contributed by atoms with Crippen LogP contribution < -0.4 is 5.32 Å².